The Labute approximate surface area is 103 Å². The zero-order valence-electron chi connectivity index (χ0n) is 9.97. The molecule has 0 fully saturated rings. The van der Waals surface area contributed by atoms with E-state index in [2.05, 4.69) is 0 Å². The SMILES string of the molecule is CCOCCCOc1ccc(F)cc1[B-](F)(F)F. The summed E-state index contributed by atoms with van der Waals surface area (Å²) in [5, 5.41) is 0. The highest BCUT2D eigenvalue weighted by atomic mass is 19.4. The van der Waals surface area contributed by atoms with E-state index in [0.717, 1.165) is 12.1 Å². The zero-order valence-corrected chi connectivity index (χ0v) is 9.97. The highest BCUT2D eigenvalue weighted by Gasteiger charge is 2.29. The van der Waals surface area contributed by atoms with Crippen LogP contribution >= 0.6 is 0 Å². The maximum atomic E-state index is 12.8. The predicted octanol–water partition coefficient (Wildman–Crippen LogP) is 2.69. The number of hydrogen-bond donors (Lipinski definition) is 0. The molecule has 0 aromatic heterocycles. The third-order valence-electron chi connectivity index (χ3n) is 2.22. The van der Waals surface area contributed by atoms with Crippen LogP contribution in [0.4, 0.5) is 17.3 Å². The molecular formula is C11H14BF4O2-. The lowest BCUT2D eigenvalue weighted by atomic mass is 9.79. The van der Waals surface area contributed by atoms with E-state index in [4.69, 9.17) is 9.47 Å². The smallest absolute Gasteiger partial charge is 0.496 e. The van der Waals surface area contributed by atoms with Crippen molar-refractivity contribution in [3.05, 3.63) is 24.0 Å². The highest BCUT2D eigenvalue weighted by molar-refractivity contribution is 6.74. The van der Waals surface area contributed by atoms with Crippen LogP contribution < -0.4 is 10.2 Å². The highest BCUT2D eigenvalue weighted by Crippen LogP contribution is 2.18. The second kappa shape index (κ2) is 6.63. The maximum absolute atomic E-state index is 12.8. The Balaban J connectivity index is 2.65. The molecule has 0 heterocycles. The standard InChI is InChI=1S/C11H14BF4O2/c1-2-17-6-3-7-18-11-5-4-9(13)8-10(11)12(14,15)16/h4-5,8H,2-3,6-7H2,1H3/q-1. The van der Waals surface area contributed by atoms with Crippen molar-refractivity contribution in [1.29, 1.82) is 0 Å². The second-order valence-corrected chi connectivity index (χ2v) is 3.66. The van der Waals surface area contributed by atoms with Crippen LogP contribution in [0.3, 0.4) is 0 Å². The summed E-state index contributed by atoms with van der Waals surface area (Å²) >= 11 is 0. The van der Waals surface area contributed by atoms with Crippen molar-refractivity contribution in [3.63, 3.8) is 0 Å². The van der Waals surface area contributed by atoms with Gasteiger partial charge in [0, 0.05) is 19.6 Å². The van der Waals surface area contributed by atoms with Gasteiger partial charge in [-0.2, -0.15) is 0 Å². The van der Waals surface area contributed by atoms with Crippen LogP contribution in [0, 0.1) is 5.82 Å². The Kier molecular flexibility index (Phi) is 5.46. The lowest BCUT2D eigenvalue weighted by Crippen LogP contribution is -2.35. The van der Waals surface area contributed by atoms with Gasteiger partial charge in [0.25, 0.3) is 0 Å². The summed E-state index contributed by atoms with van der Waals surface area (Å²) in [5.74, 6) is -1.26. The van der Waals surface area contributed by atoms with Crippen LogP contribution in [0.5, 0.6) is 5.75 Å². The van der Waals surface area contributed by atoms with Gasteiger partial charge in [-0.05, 0) is 25.1 Å². The Morgan fingerprint density at radius 3 is 2.50 bits per heavy atom. The van der Waals surface area contributed by atoms with Crippen molar-refractivity contribution in [2.75, 3.05) is 19.8 Å². The van der Waals surface area contributed by atoms with Gasteiger partial charge < -0.3 is 22.4 Å². The van der Waals surface area contributed by atoms with E-state index in [1.54, 1.807) is 0 Å². The molecule has 0 bridgehead atoms. The summed E-state index contributed by atoms with van der Waals surface area (Å²) in [6, 6.07) is 2.40. The molecule has 0 amide bonds. The molecule has 102 valence electrons. The number of ether oxygens (including phenoxy) is 2. The lowest BCUT2D eigenvalue weighted by Gasteiger charge is -2.19. The van der Waals surface area contributed by atoms with Gasteiger partial charge in [0.15, 0.2) is 0 Å². The van der Waals surface area contributed by atoms with Gasteiger partial charge in [-0.3, -0.25) is 0 Å². The van der Waals surface area contributed by atoms with Crippen LogP contribution in [-0.2, 0) is 4.74 Å². The minimum absolute atomic E-state index is 0.102. The van der Waals surface area contributed by atoms with Crippen LogP contribution in [0.25, 0.3) is 0 Å². The van der Waals surface area contributed by atoms with E-state index in [9.17, 15) is 17.3 Å². The van der Waals surface area contributed by atoms with E-state index >= 15 is 0 Å². The van der Waals surface area contributed by atoms with Crippen molar-refractivity contribution in [3.8, 4) is 5.75 Å². The minimum atomic E-state index is -5.28. The van der Waals surface area contributed by atoms with Crippen molar-refractivity contribution in [1.82, 2.24) is 0 Å². The topological polar surface area (TPSA) is 18.5 Å². The molecule has 0 saturated carbocycles. The molecule has 0 aliphatic rings. The molecule has 0 radical (unpaired) electrons. The number of halogens is 4. The molecule has 1 aromatic rings. The monoisotopic (exact) mass is 265 g/mol. The summed E-state index contributed by atoms with van der Waals surface area (Å²) < 4.78 is 60.8. The molecule has 1 rings (SSSR count). The van der Waals surface area contributed by atoms with E-state index < -0.39 is 18.3 Å². The molecule has 18 heavy (non-hydrogen) atoms. The normalized spacial score (nSPS) is 11.6. The van der Waals surface area contributed by atoms with Gasteiger partial charge >= 0.3 is 6.98 Å². The molecule has 0 atom stereocenters. The zero-order chi connectivity index (χ0) is 13.6. The first-order valence-corrected chi connectivity index (χ1v) is 5.65. The molecule has 2 nitrogen and oxygen atoms in total. The molecule has 0 spiro atoms. The van der Waals surface area contributed by atoms with Crippen LogP contribution in [0.2, 0.25) is 0 Å². The Morgan fingerprint density at radius 1 is 1.17 bits per heavy atom. The van der Waals surface area contributed by atoms with Crippen LogP contribution in [-0.4, -0.2) is 26.8 Å². The van der Waals surface area contributed by atoms with Gasteiger partial charge in [0.05, 0.1) is 12.4 Å². The van der Waals surface area contributed by atoms with E-state index in [1.807, 2.05) is 6.92 Å². The van der Waals surface area contributed by atoms with Crippen molar-refractivity contribution < 1.29 is 26.8 Å². The molecule has 0 unspecified atom stereocenters. The van der Waals surface area contributed by atoms with Gasteiger partial charge in [0.1, 0.15) is 5.82 Å². The van der Waals surface area contributed by atoms with Crippen molar-refractivity contribution >= 4 is 12.4 Å². The van der Waals surface area contributed by atoms with Gasteiger partial charge in [-0.15, -0.1) is 0 Å². The Morgan fingerprint density at radius 2 is 1.89 bits per heavy atom. The largest absolute Gasteiger partial charge is 0.513 e. The fourth-order valence-electron chi connectivity index (χ4n) is 1.39. The molecule has 0 aliphatic heterocycles. The Hall–Kier alpha value is -1.24. The summed E-state index contributed by atoms with van der Waals surface area (Å²) in [5.41, 5.74) is -1.04. The molecule has 1 aromatic carbocycles. The molecule has 7 heteroatoms. The third-order valence-corrected chi connectivity index (χ3v) is 2.22. The van der Waals surface area contributed by atoms with E-state index in [0.29, 0.717) is 25.7 Å². The number of benzene rings is 1. The lowest BCUT2D eigenvalue weighted by molar-refractivity contribution is 0.131. The first kappa shape index (κ1) is 14.8. The molecule has 0 saturated heterocycles. The molecule has 0 aliphatic carbocycles. The Bertz CT molecular complexity index is 382. The minimum Gasteiger partial charge on any atom is -0.496 e. The summed E-state index contributed by atoms with van der Waals surface area (Å²) in [6.45, 7) is -2.39. The maximum Gasteiger partial charge on any atom is 0.513 e. The van der Waals surface area contributed by atoms with E-state index in [1.165, 1.54) is 0 Å². The summed E-state index contributed by atoms with van der Waals surface area (Å²) in [6.07, 6.45) is 0.482. The number of hydrogen-bond acceptors (Lipinski definition) is 2. The van der Waals surface area contributed by atoms with E-state index in [-0.39, 0.29) is 12.4 Å². The average Bonchev–Trinajstić information content (AvgIpc) is 2.29. The third kappa shape index (κ3) is 4.56. The number of rotatable bonds is 7. The fraction of sp³-hybridized carbons (Fsp3) is 0.455. The summed E-state index contributed by atoms with van der Waals surface area (Å²) in [4.78, 5) is 0. The molecule has 0 N–H and O–H groups in total. The van der Waals surface area contributed by atoms with Crippen molar-refractivity contribution in [2.45, 2.75) is 13.3 Å². The second-order valence-electron chi connectivity index (χ2n) is 3.66. The van der Waals surface area contributed by atoms with Crippen LogP contribution in [0.1, 0.15) is 13.3 Å². The van der Waals surface area contributed by atoms with Gasteiger partial charge in [-0.25, -0.2) is 4.39 Å². The quantitative estimate of drug-likeness (QED) is 0.428. The molecular weight excluding hydrogens is 251 g/mol. The van der Waals surface area contributed by atoms with Gasteiger partial charge in [0.2, 0.25) is 0 Å². The first-order chi connectivity index (χ1) is 8.45. The van der Waals surface area contributed by atoms with Crippen molar-refractivity contribution in [2.24, 2.45) is 0 Å². The van der Waals surface area contributed by atoms with Crippen LogP contribution in [0.15, 0.2) is 18.2 Å². The average molecular weight is 265 g/mol. The first-order valence-electron chi connectivity index (χ1n) is 5.65. The van der Waals surface area contributed by atoms with Gasteiger partial charge in [-0.1, -0.05) is 5.46 Å². The summed E-state index contributed by atoms with van der Waals surface area (Å²) in [7, 11) is 0. The predicted molar refractivity (Wildman–Crippen MR) is 61.7 cm³/mol. The fourth-order valence-corrected chi connectivity index (χ4v) is 1.39.